The Bertz CT molecular complexity index is 261. The molecule has 1 aromatic carbocycles. The van der Waals surface area contributed by atoms with E-state index in [1.807, 2.05) is 18.2 Å². The first-order valence-electron chi connectivity index (χ1n) is 6.04. The number of alkyl halides is 1. The van der Waals surface area contributed by atoms with Crippen LogP contribution < -0.4 is 0 Å². The van der Waals surface area contributed by atoms with Crippen LogP contribution in [0.1, 0.15) is 31.7 Å². The Morgan fingerprint density at radius 2 is 1.94 bits per heavy atom. The molecule has 1 aromatic rings. The summed E-state index contributed by atoms with van der Waals surface area (Å²) in [6, 6.07) is 10.3. The lowest BCUT2D eigenvalue weighted by atomic mass is 10.0. The molecule has 1 atom stereocenters. The van der Waals surface area contributed by atoms with Crippen LogP contribution in [0.2, 0.25) is 0 Å². The first-order chi connectivity index (χ1) is 7.86. The van der Waals surface area contributed by atoms with Crippen LogP contribution in [0.4, 0.5) is 0 Å². The molecule has 90 valence electrons. The highest BCUT2D eigenvalue weighted by Crippen LogP contribution is 2.13. The van der Waals surface area contributed by atoms with Crippen LogP contribution in [0, 0.1) is 5.92 Å². The summed E-state index contributed by atoms with van der Waals surface area (Å²) in [5, 5.41) is 0. The van der Waals surface area contributed by atoms with Gasteiger partial charge < -0.3 is 4.74 Å². The maximum absolute atomic E-state index is 5.89. The highest BCUT2D eigenvalue weighted by molar-refractivity contribution is 6.18. The van der Waals surface area contributed by atoms with Gasteiger partial charge in [-0.1, -0.05) is 43.7 Å². The SMILES string of the molecule is CCCC(CCl)CCOCc1ccccc1. The Morgan fingerprint density at radius 3 is 2.56 bits per heavy atom. The minimum Gasteiger partial charge on any atom is -0.377 e. The van der Waals surface area contributed by atoms with Crippen molar-refractivity contribution in [1.82, 2.24) is 0 Å². The van der Waals surface area contributed by atoms with Gasteiger partial charge in [-0.3, -0.25) is 0 Å². The first-order valence-corrected chi connectivity index (χ1v) is 6.58. The molecule has 0 spiro atoms. The van der Waals surface area contributed by atoms with Crippen molar-refractivity contribution in [2.24, 2.45) is 5.92 Å². The summed E-state index contributed by atoms with van der Waals surface area (Å²) in [4.78, 5) is 0. The van der Waals surface area contributed by atoms with Crippen LogP contribution in [0.3, 0.4) is 0 Å². The molecular weight excluding hydrogens is 220 g/mol. The molecule has 0 aliphatic carbocycles. The van der Waals surface area contributed by atoms with Gasteiger partial charge in [0.25, 0.3) is 0 Å². The predicted octanol–water partition coefficient (Wildman–Crippen LogP) is 4.25. The van der Waals surface area contributed by atoms with Gasteiger partial charge in [0.2, 0.25) is 0 Å². The Morgan fingerprint density at radius 1 is 1.19 bits per heavy atom. The molecule has 0 heterocycles. The van der Waals surface area contributed by atoms with Crippen LogP contribution in [0.25, 0.3) is 0 Å². The summed E-state index contributed by atoms with van der Waals surface area (Å²) in [5.74, 6) is 1.37. The van der Waals surface area contributed by atoms with Gasteiger partial charge in [0.1, 0.15) is 0 Å². The fourth-order valence-corrected chi connectivity index (χ4v) is 2.03. The van der Waals surface area contributed by atoms with Crippen molar-refractivity contribution in [1.29, 1.82) is 0 Å². The zero-order valence-corrected chi connectivity index (χ0v) is 10.7. The van der Waals surface area contributed by atoms with E-state index in [-0.39, 0.29) is 0 Å². The molecule has 0 amide bonds. The number of ether oxygens (including phenoxy) is 1. The number of hydrogen-bond acceptors (Lipinski definition) is 1. The molecule has 0 N–H and O–H groups in total. The Balaban J connectivity index is 2.11. The lowest BCUT2D eigenvalue weighted by molar-refractivity contribution is 0.108. The fourth-order valence-electron chi connectivity index (χ4n) is 1.72. The molecule has 2 heteroatoms. The molecule has 1 rings (SSSR count). The second kappa shape index (κ2) is 8.60. The molecule has 0 fully saturated rings. The van der Waals surface area contributed by atoms with E-state index >= 15 is 0 Å². The summed E-state index contributed by atoms with van der Waals surface area (Å²) in [6.07, 6.45) is 3.48. The standard InChI is InChI=1S/C14H21ClO/c1-2-6-13(11-15)9-10-16-12-14-7-4-3-5-8-14/h3-5,7-8,13H,2,6,9-12H2,1H3. The Kier molecular flexibility index (Phi) is 7.28. The molecule has 0 bridgehead atoms. The summed E-state index contributed by atoms with van der Waals surface area (Å²) >= 11 is 5.89. The van der Waals surface area contributed by atoms with Crippen LogP contribution in [0.15, 0.2) is 30.3 Å². The molecule has 0 aliphatic rings. The largest absolute Gasteiger partial charge is 0.377 e. The van der Waals surface area contributed by atoms with Gasteiger partial charge >= 0.3 is 0 Å². The molecule has 0 aromatic heterocycles. The molecule has 1 nitrogen and oxygen atoms in total. The number of hydrogen-bond donors (Lipinski definition) is 0. The van der Waals surface area contributed by atoms with Crippen molar-refractivity contribution >= 4 is 11.6 Å². The van der Waals surface area contributed by atoms with Gasteiger partial charge in [-0.05, 0) is 24.3 Å². The van der Waals surface area contributed by atoms with Crippen molar-refractivity contribution < 1.29 is 4.74 Å². The minimum atomic E-state index is 0.613. The van der Waals surface area contributed by atoms with E-state index in [0.29, 0.717) is 12.5 Å². The van der Waals surface area contributed by atoms with E-state index in [2.05, 4.69) is 19.1 Å². The smallest absolute Gasteiger partial charge is 0.0716 e. The van der Waals surface area contributed by atoms with Gasteiger partial charge in [-0.15, -0.1) is 11.6 Å². The second-order valence-corrected chi connectivity index (χ2v) is 4.44. The number of rotatable bonds is 8. The zero-order valence-electron chi connectivity index (χ0n) is 9.99. The monoisotopic (exact) mass is 240 g/mol. The maximum atomic E-state index is 5.89. The summed E-state index contributed by atoms with van der Waals surface area (Å²) in [6.45, 7) is 3.72. The van der Waals surface area contributed by atoms with Gasteiger partial charge in [0.15, 0.2) is 0 Å². The third kappa shape index (κ3) is 5.53. The summed E-state index contributed by atoms with van der Waals surface area (Å²) < 4.78 is 5.64. The minimum absolute atomic E-state index is 0.613. The second-order valence-electron chi connectivity index (χ2n) is 4.14. The molecule has 0 saturated heterocycles. The summed E-state index contributed by atoms with van der Waals surface area (Å²) in [5.41, 5.74) is 1.24. The van der Waals surface area contributed by atoms with E-state index < -0.39 is 0 Å². The average molecular weight is 241 g/mol. The quantitative estimate of drug-likeness (QED) is 0.488. The van der Waals surface area contributed by atoms with Crippen molar-refractivity contribution in [2.45, 2.75) is 32.8 Å². The number of benzene rings is 1. The van der Waals surface area contributed by atoms with Crippen molar-refractivity contribution in [3.8, 4) is 0 Å². The third-order valence-electron chi connectivity index (χ3n) is 2.70. The molecule has 0 aliphatic heterocycles. The fraction of sp³-hybridized carbons (Fsp3) is 0.571. The maximum Gasteiger partial charge on any atom is 0.0716 e. The number of halogens is 1. The van der Waals surface area contributed by atoms with Crippen LogP contribution >= 0.6 is 11.6 Å². The van der Waals surface area contributed by atoms with Crippen LogP contribution in [-0.4, -0.2) is 12.5 Å². The van der Waals surface area contributed by atoms with Gasteiger partial charge in [0.05, 0.1) is 6.61 Å². The predicted molar refractivity (Wildman–Crippen MR) is 69.8 cm³/mol. The van der Waals surface area contributed by atoms with E-state index in [1.54, 1.807) is 0 Å². The normalized spacial score (nSPS) is 12.6. The topological polar surface area (TPSA) is 9.23 Å². The van der Waals surface area contributed by atoms with Crippen LogP contribution in [-0.2, 0) is 11.3 Å². The molecule has 1 unspecified atom stereocenters. The van der Waals surface area contributed by atoms with Gasteiger partial charge in [-0.2, -0.15) is 0 Å². The van der Waals surface area contributed by atoms with Crippen molar-refractivity contribution in [2.75, 3.05) is 12.5 Å². The first kappa shape index (κ1) is 13.5. The highest BCUT2D eigenvalue weighted by Gasteiger charge is 2.05. The molecular formula is C14H21ClO. The molecule has 16 heavy (non-hydrogen) atoms. The van der Waals surface area contributed by atoms with Gasteiger partial charge in [-0.25, -0.2) is 0 Å². The Labute approximate surface area is 104 Å². The average Bonchev–Trinajstić information content (AvgIpc) is 2.34. The van der Waals surface area contributed by atoms with E-state index in [4.69, 9.17) is 16.3 Å². The van der Waals surface area contributed by atoms with E-state index in [1.165, 1.54) is 18.4 Å². The summed E-state index contributed by atoms with van der Waals surface area (Å²) in [7, 11) is 0. The van der Waals surface area contributed by atoms with Crippen molar-refractivity contribution in [3.05, 3.63) is 35.9 Å². The van der Waals surface area contributed by atoms with E-state index in [0.717, 1.165) is 18.9 Å². The highest BCUT2D eigenvalue weighted by atomic mass is 35.5. The Hall–Kier alpha value is -0.530. The molecule has 0 radical (unpaired) electrons. The lowest BCUT2D eigenvalue weighted by Gasteiger charge is -2.12. The molecule has 0 saturated carbocycles. The zero-order chi connectivity index (χ0) is 11.6. The lowest BCUT2D eigenvalue weighted by Crippen LogP contribution is -2.06. The van der Waals surface area contributed by atoms with E-state index in [9.17, 15) is 0 Å². The van der Waals surface area contributed by atoms with Crippen molar-refractivity contribution in [3.63, 3.8) is 0 Å². The third-order valence-corrected chi connectivity index (χ3v) is 3.13. The van der Waals surface area contributed by atoms with Gasteiger partial charge in [0, 0.05) is 12.5 Å². The van der Waals surface area contributed by atoms with Crippen LogP contribution in [0.5, 0.6) is 0 Å².